The molecule has 43 heavy (non-hydrogen) atoms. The maximum Gasteiger partial charge on any atom is 0.264 e. The first-order chi connectivity index (χ1) is 20.5. The van der Waals surface area contributed by atoms with E-state index in [0.717, 1.165) is 30.0 Å². The maximum absolute atomic E-state index is 14.1. The van der Waals surface area contributed by atoms with Crippen LogP contribution in [0.5, 0.6) is 11.5 Å². The van der Waals surface area contributed by atoms with Gasteiger partial charge in [-0.3, -0.25) is 13.9 Å². The molecule has 0 radical (unpaired) electrons. The Balaban J connectivity index is 1.71. The highest BCUT2D eigenvalue weighted by molar-refractivity contribution is 7.92. The number of amides is 2. The number of hydrogen-bond donors (Lipinski definition) is 1. The van der Waals surface area contributed by atoms with Crippen molar-refractivity contribution in [3.05, 3.63) is 82.3 Å². The molecule has 4 rings (SSSR count). The number of methoxy groups -OCH3 is 2. The lowest BCUT2D eigenvalue weighted by atomic mass is 10.1. The summed E-state index contributed by atoms with van der Waals surface area (Å²) in [6.07, 6.45) is 3.81. The minimum absolute atomic E-state index is 0.0346. The van der Waals surface area contributed by atoms with Gasteiger partial charge in [0.25, 0.3) is 10.0 Å². The van der Waals surface area contributed by atoms with E-state index < -0.39 is 28.5 Å². The molecule has 9 nitrogen and oxygen atoms in total. The molecule has 12 heteroatoms. The van der Waals surface area contributed by atoms with Gasteiger partial charge >= 0.3 is 0 Å². The summed E-state index contributed by atoms with van der Waals surface area (Å²) < 4.78 is 39.8. The third kappa shape index (κ3) is 7.74. The molecule has 1 aliphatic rings. The predicted molar refractivity (Wildman–Crippen MR) is 167 cm³/mol. The van der Waals surface area contributed by atoms with E-state index in [-0.39, 0.29) is 34.8 Å². The molecular formula is C31H35Cl2N3O6S. The molecule has 1 aliphatic carbocycles. The molecule has 0 saturated heterocycles. The number of anilines is 1. The number of sulfonamides is 1. The van der Waals surface area contributed by atoms with Gasteiger partial charge in [0.2, 0.25) is 11.8 Å². The van der Waals surface area contributed by atoms with E-state index in [0.29, 0.717) is 21.4 Å². The number of nitrogens with zero attached hydrogens (tertiary/aromatic N) is 2. The summed E-state index contributed by atoms with van der Waals surface area (Å²) in [4.78, 5) is 28.7. The molecular weight excluding hydrogens is 613 g/mol. The molecule has 1 saturated carbocycles. The Morgan fingerprint density at radius 1 is 0.953 bits per heavy atom. The fourth-order valence-corrected chi connectivity index (χ4v) is 6.93. The molecule has 1 atom stereocenters. The van der Waals surface area contributed by atoms with Gasteiger partial charge in [-0.2, -0.15) is 0 Å². The number of nitrogens with one attached hydrogen (secondary N) is 1. The summed E-state index contributed by atoms with van der Waals surface area (Å²) in [5, 5.41) is 3.79. The van der Waals surface area contributed by atoms with Gasteiger partial charge < -0.3 is 19.7 Å². The van der Waals surface area contributed by atoms with Crippen molar-refractivity contribution in [2.75, 3.05) is 25.1 Å². The largest absolute Gasteiger partial charge is 0.493 e. The van der Waals surface area contributed by atoms with Crippen LogP contribution in [0.4, 0.5) is 5.69 Å². The van der Waals surface area contributed by atoms with Crippen molar-refractivity contribution >= 4 is 50.7 Å². The highest BCUT2D eigenvalue weighted by atomic mass is 35.5. The summed E-state index contributed by atoms with van der Waals surface area (Å²) in [6, 6.07) is 16.5. The lowest BCUT2D eigenvalue weighted by Gasteiger charge is -2.32. The molecule has 0 aromatic heterocycles. The van der Waals surface area contributed by atoms with E-state index in [9.17, 15) is 18.0 Å². The van der Waals surface area contributed by atoms with Gasteiger partial charge in [-0.05, 0) is 61.7 Å². The van der Waals surface area contributed by atoms with E-state index in [1.807, 2.05) is 0 Å². The Morgan fingerprint density at radius 2 is 1.63 bits per heavy atom. The molecule has 1 N–H and O–H groups in total. The topological polar surface area (TPSA) is 105 Å². The zero-order chi connectivity index (χ0) is 31.1. The molecule has 0 aliphatic heterocycles. The van der Waals surface area contributed by atoms with E-state index in [1.54, 1.807) is 55.5 Å². The van der Waals surface area contributed by atoms with Crippen molar-refractivity contribution in [1.82, 2.24) is 10.2 Å². The fraction of sp³-hybridized carbons (Fsp3) is 0.355. The third-order valence-electron chi connectivity index (χ3n) is 7.49. The standard InChI is InChI=1S/C31H35Cl2N3O6S/c1-21(31(38)34-24-9-7-8-10-24)35(19-22-13-14-23(32)17-27(22)33)30(37)20-36(25-11-5-4-6-12-25)43(39,40)26-15-16-28(41-2)29(18-26)42-3/h4-6,11-18,21,24H,7-10,19-20H2,1-3H3,(H,34,38). The average molecular weight is 649 g/mol. The number of para-hydroxylation sites is 1. The monoisotopic (exact) mass is 647 g/mol. The Hall–Kier alpha value is -3.47. The Bertz CT molecular complexity index is 1550. The van der Waals surface area contributed by atoms with Crippen LogP contribution >= 0.6 is 23.2 Å². The summed E-state index contributed by atoms with van der Waals surface area (Å²) in [6.45, 7) is 1.02. The zero-order valence-corrected chi connectivity index (χ0v) is 26.6. The maximum atomic E-state index is 14.1. The number of carbonyl (C=O) groups is 2. The lowest BCUT2D eigenvalue weighted by Crippen LogP contribution is -2.52. The first-order valence-corrected chi connectivity index (χ1v) is 16.1. The van der Waals surface area contributed by atoms with Gasteiger partial charge in [-0.25, -0.2) is 8.42 Å². The molecule has 0 spiro atoms. The summed E-state index contributed by atoms with van der Waals surface area (Å²) >= 11 is 12.5. The van der Waals surface area contributed by atoms with Gasteiger partial charge in [0.15, 0.2) is 11.5 Å². The molecule has 2 amide bonds. The van der Waals surface area contributed by atoms with Crippen molar-refractivity contribution in [2.24, 2.45) is 0 Å². The SMILES string of the molecule is COc1ccc(S(=O)(=O)N(CC(=O)N(Cc2ccc(Cl)cc2Cl)C(C)C(=O)NC2CCCC2)c2ccccc2)cc1OC. The van der Waals surface area contributed by atoms with Gasteiger partial charge in [-0.15, -0.1) is 0 Å². The second-order valence-electron chi connectivity index (χ2n) is 10.3. The van der Waals surface area contributed by atoms with E-state index in [1.165, 1.54) is 37.3 Å². The Morgan fingerprint density at radius 3 is 2.26 bits per heavy atom. The number of halogens is 2. The second-order valence-corrected chi connectivity index (χ2v) is 13.0. The van der Waals surface area contributed by atoms with E-state index in [4.69, 9.17) is 32.7 Å². The number of hydrogen-bond acceptors (Lipinski definition) is 6. The van der Waals surface area contributed by atoms with Gasteiger partial charge in [0.1, 0.15) is 12.6 Å². The van der Waals surface area contributed by atoms with Crippen LogP contribution in [0.1, 0.15) is 38.2 Å². The van der Waals surface area contributed by atoms with Gasteiger partial charge in [0.05, 0.1) is 24.8 Å². The minimum atomic E-state index is -4.29. The molecule has 0 heterocycles. The van der Waals surface area contributed by atoms with Crippen molar-refractivity contribution < 1.29 is 27.5 Å². The van der Waals surface area contributed by atoms with Crippen LogP contribution in [0.3, 0.4) is 0 Å². The smallest absolute Gasteiger partial charge is 0.264 e. The molecule has 230 valence electrons. The molecule has 3 aromatic carbocycles. The molecule has 0 bridgehead atoms. The van der Waals surface area contributed by atoms with Crippen LogP contribution in [0.15, 0.2) is 71.6 Å². The van der Waals surface area contributed by atoms with E-state index >= 15 is 0 Å². The fourth-order valence-electron chi connectivity index (χ4n) is 5.04. The molecule has 1 unspecified atom stereocenters. The first-order valence-electron chi connectivity index (χ1n) is 13.9. The Labute approximate surface area is 262 Å². The van der Waals surface area contributed by atoms with Crippen LogP contribution in [0.2, 0.25) is 10.0 Å². The normalized spacial score (nSPS) is 14.2. The van der Waals surface area contributed by atoms with Crippen LogP contribution in [0, 0.1) is 0 Å². The van der Waals surface area contributed by atoms with Crippen molar-refractivity contribution in [3.63, 3.8) is 0 Å². The highest BCUT2D eigenvalue weighted by Gasteiger charge is 2.34. The van der Waals surface area contributed by atoms with Gasteiger partial charge in [-0.1, -0.05) is 60.3 Å². The Kier molecular flexibility index (Phi) is 10.8. The predicted octanol–water partition coefficient (Wildman–Crippen LogP) is 5.68. The zero-order valence-electron chi connectivity index (χ0n) is 24.3. The van der Waals surface area contributed by atoms with Crippen LogP contribution in [0.25, 0.3) is 0 Å². The highest BCUT2D eigenvalue weighted by Crippen LogP contribution is 2.32. The lowest BCUT2D eigenvalue weighted by molar-refractivity contribution is -0.139. The van der Waals surface area contributed by atoms with Gasteiger partial charge in [0, 0.05) is 28.7 Å². The second kappa shape index (κ2) is 14.3. The summed E-state index contributed by atoms with van der Waals surface area (Å²) in [5.74, 6) is -0.330. The van der Waals surface area contributed by atoms with Crippen molar-refractivity contribution in [2.45, 2.75) is 56.1 Å². The minimum Gasteiger partial charge on any atom is -0.493 e. The van der Waals surface area contributed by atoms with Crippen molar-refractivity contribution in [3.8, 4) is 11.5 Å². The number of benzene rings is 3. The number of rotatable bonds is 12. The van der Waals surface area contributed by atoms with Crippen LogP contribution in [-0.4, -0.2) is 58.0 Å². The van der Waals surface area contributed by atoms with Crippen LogP contribution < -0.4 is 19.1 Å². The first kappa shape index (κ1) is 32.4. The van der Waals surface area contributed by atoms with Crippen LogP contribution in [-0.2, 0) is 26.2 Å². The van der Waals surface area contributed by atoms with E-state index in [2.05, 4.69) is 5.32 Å². The van der Waals surface area contributed by atoms with Crippen molar-refractivity contribution in [1.29, 1.82) is 0 Å². The average Bonchev–Trinajstić information content (AvgIpc) is 3.52. The third-order valence-corrected chi connectivity index (χ3v) is 9.85. The molecule has 1 fully saturated rings. The quantitative estimate of drug-likeness (QED) is 0.271. The summed E-state index contributed by atoms with van der Waals surface area (Å²) in [5.41, 5.74) is 0.840. The molecule has 3 aromatic rings. The number of ether oxygens (including phenoxy) is 2. The number of carbonyl (C=O) groups excluding carboxylic acids is 2. The summed E-state index contributed by atoms with van der Waals surface area (Å²) in [7, 11) is -1.43.